The number of hydrogen-bond acceptors (Lipinski definition) is 3. The molecule has 0 saturated carbocycles. The molecule has 0 N–H and O–H groups in total. The van der Waals surface area contributed by atoms with Crippen molar-refractivity contribution in [1.82, 2.24) is 28.7 Å². The number of hydrogen-bond donors (Lipinski definition) is 0. The van der Waals surface area contributed by atoms with Crippen LogP contribution in [0.4, 0.5) is 26.3 Å². The Morgan fingerprint density at radius 2 is 0.648 bits per heavy atom. The van der Waals surface area contributed by atoms with Gasteiger partial charge in [0.15, 0.2) is 17.5 Å². The molecule has 0 fully saturated rings. The highest BCUT2D eigenvalue weighted by Crippen LogP contribution is 2.50. The summed E-state index contributed by atoms with van der Waals surface area (Å²) in [5.41, 5.74) is 6.68. The second-order valence-corrected chi connectivity index (χ2v) is 17.4. The summed E-state index contributed by atoms with van der Waals surface area (Å²) < 4.78 is 92.1. The van der Waals surface area contributed by atoms with Crippen molar-refractivity contribution in [2.75, 3.05) is 0 Å². The first-order chi connectivity index (χ1) is 34.5. The fourth-order valence-electron chi connectivity index (χ4n) is 10.3. The van der Waals surface area contributed by atoms with E-state index in [1.807, 2.05) is 167 Å². The van der Waals surface area contributed by atoms with E-state index >= 15 is 0 Å². The Morgan fingerprint density at radius 3 is 1.06 bits per heavy atom. The van der Waals surface area contributed by atoms with Crippen LogP contribution in [0.3, 0.4) is 0 Å². The Labute approximate surface area is 400 Å². The second-order valence-electron chi connectivity index (χ2n) is 17.4. The minimum absolute atomic E-state index is 0.298. The molecule has 0 saturated heterocycles. The first-order valence-electron chi connectivity index (χ1n) is 22.8. The van der Waals surface area contributed by atoms with Gasteiger partial charge in [-0.25, -0.2) is 15.0 Å². The predicted molar refractivity (Wildman–Crippen MR) is 269 cm³/mol. The molecule has 12 heteroatoms. The third kappa shape index (κ3) is 6.69. The van der Waals surface area contributed by atoms with Crippen LogP contribution in [0.15, 0.2) is 206 Å². The molecule has 71 heavy (non-hydrogen) atoms. The number of rotatable bonds is 6. The molecule has 0 atom stereocenters. The summed E-state index contributed by atoms with van der Waals surface area (Å²) in [6.07, 6.45) is -9.19. The van der Waals surface area contributed by atoms with Crippen LogP contribution in [0.1, 0.15) is 11.1 Å². The van der Waals surface area contributed by atoms with Gasteiger partial charge in [-0.2, -0.15) is 26.3 Å². The number of aromatic nitrogens is 6. The number of para-hydroxylation sites is 3. The lowest BCUT2D eigenvalue weighted by Crippen LogP contribution is -2.06. The smallest absolute Gasteiger partial charge is 0.308 e. The van der Waals surface area contributed by atoms with Crippen LogP contribution in [0.25, 0.3) is 117 Å². The number of alkyl halides is 6. The molecule has 4 heterocycles. The second kappa shape index (κ2) is 15.8. The van der Waals surface area contributed by atoms with Crippen molar-refractivity contribution in [1.29, 1.82) is 0 Å². The van der Waals surface area contributed by atoms with Gasteiger partial charge in [0.25, 0.3) is 0 Å². The highest BCUT2D eigenvalue weighted by Gasteiger charge is 2.33. The topological polar surface area (TPSA) is 53.5 Å². The number of benzene rings is 9. The number of fused-ring (bicyclic) bond motifs is 12. The van der Waals surface area contributed by atoms with Gasteiger partial charge in [0.05, 0.1) is 44.2 Å². The Hall–Kier alpha value is -9.03. The van der Waals surface area contributed by atoms with Crippen LogP contribution in [-0.4, -0.2) is 28.7 Å². The molecule has 0 unspecified atom stereocenters. The molecule has 0 aliphatic carbocycles. The molecule has 13 rings (SSSR count). The summed E-state index contributed by atoms with van der Waals surface area (Å²) in [5, 5.41) is 4.76. The Kier molecular flexibility index (Phi) is 9.34. The fourth-order valence-corrected chi connectivity index (χ4v) is 10.3. The molecule has 0 radical (unpaired) electrons. The molecule has 0 bridgehead atoms. The molecule has 0 spiro atoms. The molecule has 4 aromatic heterocycles. The zero-order valence-corrected chi connectivity index (χ0v) is 37.1. The van der Waals surface area contributed by atoms with Crippen molar-refractivity contribution < 1.29 is 26.3 Å². The van der Waals surface area contributed by atoms with Gasteiger partial charge in [-0.05, 0) is 84.9 Å². The van der Waals surface area contributed by atoms with Crippen LogP contribution in [0, 0.1) is 0 Å². The molecule has 9 aromatic carbocycles. The Balaban J connectivity index is 1.16. The van der Waals surface area contributed by atoms with Gasteiger partial charge in [0.2, 0.25) is 0 Å². The zero-order chi connectivity index (χ0) is 48.2. The monoisotopic (exact) mass is 940 g/mol. The van der Waals surface area contributed by atoms with E-state index < -0.39 is 23.5 Å². The number of nitrogens with zero attached hydrogens (tertiary/aromatic N) is 6. The highest BCUT2D eigenvalue weighted by molar-refractivity contribution is 6.40. The van der Waals surface area contributed by atoms with E-state index in [4.69, 9.17) is 15.0 Å². The standard InChI is InChI=1S/C59H34F6N6/c60-58(61,62)38-28-32-41(33-29-38)70-47-24-11-7-20-43(47)49-52-50(54-51(53(49)70)45-22-9-12-25-48(45)71(54)42-19-13-18-39(34-42)59(63,64)65)44-21-8-10-23-46(44)69(52)40-30-26-37(27-31-40)57-67-55(35-14-3-1-4-15-35)66-56(68-57)36-16-5-2-6-17-36/h1-34H. The summed E-state index contributed by atoms with van der Waals surface area (Å²) >= 11 is 0. The van der Waals surface area contributed by atoms with Crippen molar-refractivity contribution in [2.45, 2.75) is 12.4 Å². The van der Waals surface area contributed by atoms with Gasteiger partial charge in [-0.15, -0.1) is 0 Å². The van der Waals surface area contributed by atoms with Crippen molar-refractivity contribution in [3.05, 3.63) is 217 Å². The third-order valence-corrected chi connectivity index (χ3v) is 13.3. The van der Waals surface area contributed by atoms with Crippen LogP contribution in [0.2, 0.25) is 0 Å². The molecular formula is C59H34F6N6. The summed E-state index contributed by atoms with van der Waals surface area (Å²) in [6, 6.07) is 61.1. The van der Waals surface area contributed by atoms with E-state index in [0.717, 1.165) is 89.4 Å². The van der Waals surface area contributed by atoms with Gasteiger partial charge >= 0.3 is 12.4 Å². The van der Waals surface area contributed by atoms with Crippen molar-refractivity contribution in [3.8, 4) is 51.2 Å². The SMILES string of the molecule is FC(F)(F)c1ccc(-n2c3ccccc3c3c2c2c4ccccc4n(-c4cccc(C(F)(F)F)c4)c2c2c4ccccc4n(-c4ccc(-c5nc(-c6ccccc6)nc(-c6ccccc6)n5)cc4)c32)cc1. The van der Waals surface area contributed by atoms with E-state index in [1.54, 1.807) is 6.07 Å². The quantitative estimate of drug-likeness (QED) is 0.156. The lowest BCUT2D eigenvalue weighted by molar-refractivity contribution is -0.138. The van der Waals surface area contributed by atoms with Gasteiger partial charge < -0.3 is 13.7 Å². The first kappa shape index (κ1) is 42.1. The maximum atomic E-state index is 14.6. The summed E-state index contributed by atoms with van der Waals surface area (Å²) in [5.74, 6) is 1.52. The molecular weight excluding hydrogens is 907 g/mol. The Morgan fingerprint density at radius 1 is 0.296 bits per heavy atom. The normalized spacial score (nSPS) is 12.4. The summed E-state index contributed by atoms with van der Waals surface area (Å²) in [7, 11) is 0. The minimum atomic E-state index is -4.62. The van der Waals surface area contributed by atoms with E-state index in [9.17, 15) is 26.3 Å². The molecule has 6 nitrogen and oxygen atoms in total. The van der Waals surface area contributed by atoms with E-state index in [-0.39, 0.29) is 0 Å². The largest absolute Gasteiger partial charge is 0.416 e. The van der Waals surface area contributed by atoms with Crippen LogP contribution < -0.4 is 0 Å². The van der Waals surface area contributed by atoms with Gasteiger partial charge in [0.1, 0.15) is 0 Å². The lowest BCUT2D eigenvalue weighted by Gasteiger charge is -2.15. The van der Waals surface area contributed by atoms with E-state index in [2.05, 4.69) is 4.57 Å². The lowest BCUT2D eigenvalue weighted by atomic mass is 10.0. The molecule has 342 valence electrons. The highest BCUT2D eigenvalue weighted by atomic mass is 19.4. The van der Waals surface area contributed by atoms with Crippen LogP contribution >= 0.6 is 0 Å². The Bertz CT molecular complexity index is 4170. The maximum Gasteiger partial charge on any atom is 0.416 e. The van der Waals surface area contributed by atoms with Crippen molar-refractivity contribution in [3.63, 3.8) is 0 Å². The maximum absolute atomic E-state index is 14.6. The number of halogens is 6. The first-order valence-corrected chi connectivity index (χ1v) is 22.8. The van der Waals surface area contributed by atoms with Crippen LogP contribution in [0.5, 0.6) is 0 Å². The average Bonchev–Trinajstić information content (AvgIpc) is 4.06. The third-order valence-electron chi connectivity index (χ3n) is 13.3. The molecule has 0 aliphatic heterocycles. The summed E-state index contributed by atoms with van der Waals surface area (Å²) in [6.45, 7) is 0. The van der Waals surface area contributed by atoms with E-state index in [1.165, 1.54) is 24.3 Å². The molecule has 0 aliphatic rings. The predicted octanol–water partition coefficient (Wildman–Crippen LogP) is 16.2. The molecule has 0 amide bonds. The van der Waals surface area contributed by atoms with Crippen molar-refractivity contribution >= 4 is 65.4 Å². The van der Waals surface area contributed by atoms with Gasteiger partial charge in [-0.3, -0.25) is 0 Å². The fraction of sp³-hybridized carbons (Fsp3) is 0.0339. The van der Waals surface area contributed by atoms with Crippen molar-refractivity contribution in [2.24, 2.45) is 0 Å². The summed E-state index contributed by atoms with van der Waals surface area (Å²) in [4.78, 5) is 14.8. The molecule has 13 aromatic rings. The van der Waals surface area contributed by atoms with Crippen LogP contribution in [-0.2, 0) is 12.4 Å². The average molecular weight is 941 g/mol. The van der Waals surface area contributed by atoms with Gasteiger partial charge in [-0.1, -0.05) is 121 Å². The van der Waals surface area contributed by atoms with E-state index in [0.29, 0.717) is 45.4 Å². The van der Waals surface area contributed by atoms with Gasteiger partial charge in [0, 0.05) is 66.1 Å². The zero-order valence-electron chi connectivity index (χ0n) is 37.1. The minimum Gasteiger partial charge on any atom is -0.308 e.